The van der Waals surface area contributed by atoms with Gasteiger partial charge in [-0.15, -0.1) is 0 Å². The summed E-state index contributed by atoms with van der Waals surface area (Å²) in [6.45, 7) is 4.71. The molecule has 0 saturated carbocycles. The first-order chi connectivity index (χ1) is 12.7. The summed E-state index contributed by atoms with van der Waals surface area (Å²) in [6, 6.07) is 0. The van der Waals surface area contributed by atoms with Gasteiger partial charge in [-0.25, -0.2) is 4.79 Å². The Morgan fingerprint density at radius 3 is 1.88 bits per heavy atom. The molecule has 0 aromatic rings. The molecule has 0 unspecified atom stereocenters. The zero-order valence-electron chi connectivity index (χ0n) is 17.5. The third kappa shape index (κ3) is 17.9. The van der Waals surface area contributed by atoms with Crippen LogP contribution in [0.4, 0.5) is 0 Å². The van der Waals surface area contributed by atoms with Gasteiger partial charge in [-0.1, -0.05) is 84.0 Å². The summed E-state index contributed by atoms with van der Waals surface area (Å²) in [7, 11) is 1.61. The van der Waals surface area contributed by atoms with E-state index in [9.17, 15) is 4.79 Å². The Labute approximate surface area is 161 Å². The molecule has 0 aliphatic carbocycles. The van der Waals surface area contributed by atoms with E-state index in [0.717, 1.165) is 12.8 Å². The van der Waals surface area contributed by atoms with Crippen LogP contribution >= 0.6 is 0 Å². The number of esters is 1. The van der Waals surface area contributed by atoms with Gasteiger partial charge in [-0.3, -0.25) is 0 Å². The van der Waals surface area contributed by atoms with Crippen molar-refractivity contribution in [3.05, 3.63) is 12.2 Å². The smallest absolute Gasteiger partial charge is 0.330 e. The summed E-state index contributed by atoms with van der Waals surface area (Å²) < 4.78 is 15.5. The summed E-state index contributed by atoms with van der Waals surface area (Å²) >= 11 is 0. The monoisotopic (exact) mass is 370 g/mol. The first-order valence-corrected chi connectivity index (χ1v) is 10.7. The maximum Gasteiger partial charge on any atom is 0.330 e. The summed E-state index contributed by atoms with van der Waals surface area (Å²) in [5.74, 6) is -0.312. The molecule has 0 radical (unpaired) electrons. The van der Waals surface area contributed by atoms with E-state index >= 15 is 0 Å². The lowest BCUT2D eigenvalue weighted by Gasteiger charge is -2.13. The highest BCUT2D eigenvalue weighted by molar-refractivity contribution is 5.81. The molecule has 4 nitrogen and oxygen atoms in total. The highest BCUT2D eigenvalue weighted by atomic mass is 16.7. The van der Waals surface area contributed by atoms with Crippen LogP contribution in [-0.4, -0.2) is 32.6 Å². The van der Waals surface area contributed by atoms with Crippen molar-refractivity contribution in [3.63, 3.8) is 0 Å². The van der Waals surface area contributed by atoms with Crippen molar-refractivity contribution in [2.24, 2.45) is 0 Å². The molecular weight excluding hydrogens is 328 g/mol. The second-order valence-corrected chi connectivity index (χ2v) is 6.90. The molecule has 0 spiro atoms. The van der Waals surface area contributed by atoms with Gasteiger partial charge in [-0.05, 0) is 19.4 Å². The predicted octanol–water partition coefficient (Wildman–Crippen LogP) is 6.19. The number of carbonyl (C=O) groups is 1. The van der Waals surface area contributed by atoms with Crippen molar-refractivity contribution in [1.82, 2.24) is 0 Å². The van der Waals surface area contributed by atoms with Gasteiger partial charge in [0.15, 0.2) is 0 Å². The molecule has 0 aliphatic rings. The van der Waals surface area contributed by atoms with Crippen LogP contribution < -0.4 is 0 Å². The van der Waals surface area contributed by atoms with Gasteiger partial charge in [0.05, 0.1) is 12.7 Å². The maximum absolute atomic E-state index is 11.4. The van der Waals surface area contributed by atoms with Crippen molar-refractivity contribution in [3.8, 4) is 0 Å². The topological polar surface area (TPSA) is 44.8 Å². The number of hydrogen-bond donors (Lipinski definition) is 0. The van der Waals surface area contributed by atoms with Gasteiger partial charge in [0.25, 0.3) is 0 Å². The minimum absolute atomic E-state index is 0.0810. The van der Waals surface area contributed by atoms with Gasteiger partial charge in [0, 0.05) is 13.2 Å². The van der Waals surface area contributed by atoms with Gasteiger partial charge >= 0.3 is 5.97 Å². The van der Waals surface area contributed by atoms with E-state index in [4.69, 9.17) is 14.2 Å². The number of rotatable bonds is 19. The highest BCUT2D eigenvalue weighted by Crippen LogP contribution is 2.14. The average molecular weight is 371 g/mol. The van der Waals surface area contributed by atoms with Crippen molar-refractivity contribution >= 4 is 5.97 Å². The highest BCUT2D eigenvalue weighted by Gasteiger charge is 2.06. The van der Waals surface area contributed by atoms with Crippen molar-refractivity contribution in [1.29, 1.82) is 0 Å². The third-order valence-electron chi connectivity index (χ3n) is 4.48. The lowest BCUT2D eigenvalue weighted by Crippen LogP contribution is -2.13. The zero-order valence-corrected chi connectivity index (χ0v) is 17.5. The van der Waals surface area contributed by atoms with Crippen molar-refractivity contribution in [2.75, 3.05) is 20.5 Å². The molecule has 0 rings (SSSR count). The molecule has 0 N–H and O–H groups in total. The number of hydrogen-bond acceptors (Lipinski definition) is 4. The lowest BCUT2D eigenvalue weighted by molar-refractivity contribution is -0.137. The van der Waals surface area contributed by atoms with E-state index in [1.54, 1.807) is 20.1 Å². The number of methoxy groups -OCH3 is 1. The van der Waals surface area contributed by atoms with Gasteiger partial charge < -0.3 is 14.2 Å². The first-order valence-electron chi connectivity index (χ1n) is 10.7. The Balaban J connectivity index is 3.64. The fourth-order valence-electron chi connectivity index (χ4n) is 2.95. The summed E-state index contributed by atoms with van der Waals surface area (Å²) in [4.78, 5) is 11.4. The van der Waals surface area contributed by atoms with E-state index in [1.807, 2.05) is 0 Å². The predicted molar refractivity (Wildman–Crippen MR) is 108 cm³/mol. The Bertz CT molecular complexity index is 328. The fraction of sp³-hybridized carbons (Fsp3) is 0.864. The Morgan fingerprint density at radius 1 is 0.846 bits per heavy atom. The minimum atomic E-state index is -0.312. The van der Waals surface area contributed by atoms with E-state index < -0.39 is 0 Å². The van der Waals surface area contributed by atoms with E-state index in [1.165, 1.54) is 76.7 Å². The van der Waals surface area contributed by atoms with Gasteiger partial charge in [-0.2, -0.15) is 0 Å². The normalized spacial score (nSPS) is 12.6. The summed E-state index contributed by atoms with van der Waals surface area (Å²) in [6.07, 6.45) is 20.1. The van der Waals surface area contributed by atoms with Crippen LogP contribution in [0.5, 0.6) is 0 Å². The Hall–Kier alpha value is -0.870. The second-order valence-electron chi connectivity index (χ2n) is 6.90. The lowest BCUT2D eigenvalue weighted by atomic mass is 10.0. The quantitative estimate of drug-likeness (QED) is 0.118. The van der Waals surface area contributed by atoms with Crippen LogP contribution in [-0.2, 0) is 19.0 Å². The van der Waals surface area contributed by atoms with Gasteiger partial charge in [0.2, 0.25) is 0 Å². The molecular formula is C22H42O4. The van der Waals surface area contributed by atoms with Crippen LogP contribution in [0.2, 0.25) is 0 Å². The third-order valence-corrected chi connectivity index (χ3v) is 4.48. The van der Waals surface area contributed by atoms with Crippen molar-refractivity contribution in [2.45, 2.75) is 103 Å². The molecule has 1 atom stereocenters. The minimum Gasteiger partial charge on any atom is -0.463 e. The van der Waals surface area contributed by atoms with E-state index in [2.05, 4.69) is 6.92 Å². The number of carbonyl (C=O) groups excluding carboxylic acids is 1. The number of ether oxygens (including phenoxy) is 3. The van der Waals surface area contributed by atoms with Crippen LogP contribution in [0.15, 0.2) is 12.2 Å². The Kier molecular flexibility index (Phi) is 19.8. The van der Waals surface area contributed by atoms with Crippen LogP contribution in [0.3, 0.4) is 0 Å². The first kappa shape index (κ1) is 25.1. The largest absolute Gasteiger partial charge is 0.463 e. The van der Waals surface area contributed by atoms with E-state index in [0.29, 0.717) is 6.61 Å². The second kappa shape index (κ2) is 20.4. The molecule has 0 amide bonds. The molecule has 26 heavy (non-hydrogen) atoms. The van der Waals surface area contributed by atoms with Gasteiger partial charge in [0.1, 0.15) is 6.79 Å². The van der Waals surface area contributed by atoms with Crippen LogP contribution in [0.1, 0.15) is 97.3 Å². The molecule has 0 bridgehead atoms. The average Bonchev–Trinajstić information content (AvgIpc) is 2.64. The van der Waals surface area contributed by atoms with Crippen LogP contribution in [0.25, 0.3) is 0 Å². The van der Waals surface area contributed by atoms with Crippen LogP contribution in [0, 0.1) is 0 Å². The molecule has 0 fully saturated rings. The molecule has 0 aliphatic heterocycles. The number of unbranched alkanes of at least 4 members (excludes halogenated alkanes) is 11. The molecule has 0 saturated heterocycles. The standard InChI is InChI=1S/C22H42O4/c1-4-6-7-8-9-10-11-12-13-14-15-16-17-21(26-20-24-3)18-19-22(23)25-5-2/h18-19,21H,4-17,20H2,1-3H3/b19-18+/t21-/m1/s1. The summed E-state index contributed by atoms with van der Waals surface area (Å²) in [5, 5.41) is 0. The molecule has 154 valence electrons. The molecule has 0 aromatic heterocycles. The fourth-order valence-corrected chi connectivity index (χ4v) is 2.95. The molecule has 4 heteroatoms. The Morgan fingerprint density at radius 2 is 1.38 bits per heavy atom. The zero-order chi connectivity index (χ0) is 19.3. The molecule has 0 aromatic carbocycles. The van der Waals surface area contributed by atoms with Crippen molar-refractivity contribution < 1.29 is 19.0 Å². The maximum atomic E-state index is 11.4. The summed E-state index contributed by atoms with van der Waals surface area (Å²) in [5.41, 5.74) is 0. The molecule has 0 heterocycles. The van der Waals surface area contributed by atoms with E-state index in [-0.39, 0.29) is 18.9 Å². The SMILES string of the molecule is CCCCCCCCCCCCCC[C@H](/C=C/C(=O)OCC)OCOC.